The van der Waals surface area contributed by atoms with E-state index in [1.54, 1.807) is 5.57 Å². The van der Waals surface area contributed by atoms with Crippen molar-refractivity contribution in [1.29, 1.82) is 0 Å². The zero-order valence-electron chi connectivity index (χ0n) is 12.4. The van der Waals surface area contributed by atoms with Crippen molar-refractivity contribution < 1.29 is 0 Å². The first-order chi connectivity index (χ1) is 8.00. The first-order valence-electron chi connectivity index (χ1n) is 7.68. The molecule has 0 bridgehead atoms. The Bertz CT molecular complexity index is 299. The summed E-state index contributed by atoms with van der Waals surface area (Å²) < 4.78 is 0. The molecule has 2 aliphatic carbocycles. The second kappa shape index (κ2) is 4.78. The molecule has 0 aromatic heterocycles. The molecule has 0 heterocycles. The number of hydrogen-bond donors (Lipinski definition) is 0. The average molecular weight is 234 g/mol. The van der Waals surface area contributed by atoms with Gasteiger partial charge in [-0.2, -0.15) is 0 Å². The molecule has 2 rings (SSSR count). The van der Waals surface area contributed by atoms with Gasteiger partial charge in [0.25, 0.3) is 0 Å². The highest BCUT2D eigenvalue weighted by Crippen LogP contribution is 2.58. The van der Waals surface area contributed by atoms with E-state index in [0.29, 0.717) is 5.41 Å². The molecule has 1 fully saturated rings. The largest absolute Gasteiger partial charge is 0.0847 e. The van der Waals surface area contributed by atoms with Gasteiger partial charge in [0.1, 0.15) is 0 Å². The van der Waals surface area contributed by atoms with Crippen LogP contribution in [0.25, 0.3) is 0 Å². The van der Waals surface area contributed by atoms with E-state index >= 15 is 0 Å². The second-order valence-corrected chi connectivity index (χ2v) is 7.05. The van der Waals surface area contributed by atoms with Crippen LogP contribution in [0.2, 0.25) is 0 Å². The number of rotatable bonds is 3. The molecule has 98 valence electrons. The fraction of sp³-hybridized carbons (Fsp3) is 0.882. The summed E-state index contributed by atoms with van der Waals surface area (Å²) in [5, 5.41) is 0. The Hall–Kier alpha value is -0.260. The Kier molecular flexibility index (Phi) is 3.71. The van der Waals surface area contributed by atoms with Gasteiger partial charge in [-0.1, -0.05) is 52.2 Å². The maximum Gasteiger partial charge on any atom is -0.00851 e. The normalized spacial score (nSPS) is 41.5. The van der Waals surface area contributed by atoms with Crippen molar-refractivity contribution >= 4 is 0 Å². The van der Waals surface area contributed by atoms with E-state index < -0.39 is 0 Å². The first-order valence-corrected chi connectivity index (χ1v) is 7.68. The molecule has 4 unspecified atom stereocenters. The molecule has 0 nitrogen and oxygen atoms in total. The molecule has 0 aromatic carbocycles. The van der Waals surface area contributed by atoms with Crippen molar-refractivity contribution in [2.24, 2.45) is 29.1 Å². The van der Waals surface area contributed by atoms with Gasteiger partial charge in [-0.3, -0.25) is 0 Å². The number of hydrogen-bond acceptors (Lipinski definition) is 0. The van der Waals surface area contributed by atoms with Gasteiger partial charge in [0.05, 0.1) is 0 Å². The molecule has 0 aromatic rings. The number of allylic oxidation sites excluding steroid dienone is 2. The van der Waals surface area contributed by atoms with Crippen LogP contribution in [-0.4, -0.2) is 0 Å². The van der Waals surface area contributed by atoms with Gasteiger partial charge in [-0.05, 0) is 55.3 Å². The van der Waals surface area contributed by atoms with Crippen molar-refractivity contribution in [3.8, 4) is 0 Å². The summed E-state index contributed by atoms with van der Waals surface area (Å²) in [5.41, 5.74) is 2.23. The van der Waals surface area contributed by atoms with Crippen LogP contribution in [0.5, 0.6) is 0 Å². The fourth-order valence-electron chi connectivity index (χ4n) is 4.67. The molecular weight excluding hydrogens is 204 g/mol. The lowest BCUT2D eigenvalue weighted by molar-refractivity contribution is 0.0268. The van der Waals surface area contributed by atoms with Gasteiger partial charge >= 0.3 is 0 Å². The summed E-state index contributed by atoms with van der Waals surface area (Å²) in [5.74, 6) is 3.78. The van der Waals surface area contributed by atoms with E-state index in [1.807, 2.05) is 0 Å². The van der Waals surface area contributed by atoms with Crippen molar-refractivity contribution in [3.05, 3.63) is 11.6 Å². The van der Waals surface area contributed by atoms with Crippen molar-refractivity contribution in [2.75, 3.05) is 0 Å². The van der Waals surface area contributed by atoms with Crippen LogP contribution in [0.1, 0.15) is 66.7 Å². The van der Waals surface area contributed by atoms with Crippen LogP contribution < -0.4 is 0 Å². The molecule has 0 radical (unpaired) electrons. The van der Waals surface area contributed by atoms with E-state index in [1.165, 1.54) is 32.1 Å². The highest BCUT2D eigenvalue weighted by molar-refractivity contribution is 5.22. The molecule has 0 aliphatic heterocycles. The van der Waals surface area contributed by atoms with Crippen molar-refractivity contribution in [3.63, 3.8) is 0 Å². The predicted molar refractivity (Wildman–Crippen MR) is 75.9 cm³/mol. The van der Waals surface area contributed by atoms with Crippen LogP contribution in [0, 0.1) is 29.1 Å². The third-order valence-corrected chi connectivity index (χ3v) is 5.94. The van der Waals surface area contributed by atoms with Crippen molar-refractivity contribution in [2.45, 2.75) is 66.7 Å². The third-order valence-electron chi connectivity index (χ3n) is 5.94. The first kappa shape index (κ1) is 13.2. The molecule has 0 spiro atoms. The smallest absolute Gasteiger partial charge is 0.00851 e. The van der Waals surface area contributed by atoms with Gasteiger partial charge in [-0.25, -0.2) is 0 Å². The quantitative estimate of drug-likeness (QED) is 0.570. The standard InChI is InChI=1S/C17H30/c1-6-7-15-14(12(2)3)10-11-17(5)13(4)8-9-16(15)17/h8,12,14-16H,6-7,9-11H2,1-5H3. The Morgan fingerprint density at radius 1 is 1.41 bits per heavy atom. The van der Waals surface area contributed by atoms with Gasteiger partial charge in [0.15, 0.2) is 0 Å². The summed E-state index contributed by atoms with van der Waals surface area (Å²) in [7, 11) is 0. The lowest BCUT2D eigenvalue weighted by atomic mass is 9.56. The van der Waals surface area contributed by atoms with Crippen LogP contribution >= 0.6 is 0 Å². The highest BCUT2D eigenvalue weighted by atomic mass is 14.5. The van der Waals surface area contributed by atoms with Crippen LogP contribution in [-0.2, 0) is 0 Å². The Morgan fingerprint density at radius 3 is 2.71 bits per heavy atom. The molecule has 0 amide bonds. The number of fused-ring (bicyclic) bond motifs is 1. The summed E-state index contributed by atoms with van der Waals surface area (Å²) in [4.78, 5) is 0. The minimum Gasteiger partial charge on any atom is -0.0847 e. The minimum absolute atomic E-state index is 0.547. The molecular formula is C17H30. The fourth-order valence-corrected chi connectivity index (χ4v) is 4.67. The molecule has 2 aliphatic rings. The molecule has 0 N–H and O–H groups in total. The van der Waals surface area contributed by atoms with E-state index in [9.17, 15) is 0 Å². The maximum absolute atomic E-state index is 2.54. The zero-order chi connectivity index (χ0) is 12.6. The highest BCUT2D eigenvalue weighted by Gasteiger charge is 2.49. The van der Waals surface area contributed by atoms with E-state index in [0.717, 1.165) is 23.7 Å². The zero-order valence-corrected chi connectivity index (χ0v) is 12.4. The van der Waals surface area contributed by atoms with Crippen LogP contribution in [0.3, 0.4) is 0 Å². The van der Waals surface area contributed by atoms with E-state index in [-0.39, 0.29) is 0 Å². The summed E-state index contributed by atoms with van der Waals surface area (Å²) in [6.45, 7) is 12.1. The topological polar surface area (TPSA) is 0 Å². The summed E-state index contributed by atoms with van der Waals surface area (Å²) in [6.07, 6.45) is 9.60. The molecule has 0 saturated heterocycles. The minimum atomic E-state index is 0.547. The maximum atomic E-state index is 2.54. The van der Waals surface area contributed by atoms with Gasteiger partial charge < -0.3 is 0 Å². The average Bonchev–Trinajstić information content (AvgIpc) is 2.56. The van der Waals surface area contributed by atoms with Crippen LogP contribution in [0.15, 0.2) is 11.6 Å². The molecule has 4 atom stereocenters. The predicted octanol–water partition coefficient (Wildman–Crippen LogP) is 5.44. The van der Waals surface area contributed by atoms with E-state index in [2.05, 4.69) is 40.7 Å². The molecule has 0 heteroatoms. The summed E-state index contributed by atoms with van der Waals surface area (Å²) >= 11 is 0. The third kappa shape index (κ3) is 2.09. The van der Waals surface area contributed by atoms with Crippen molar-refractivity contribution in [1.82, 2.24) is 0 Å². The lowest BCUT2D eigenvalue weighted by Crippen LogP contribution is -2.41. The Morgan fingerprint density at radius 2 is 2.12 bits per heavy atom. The lowest BCUT2D eigenvalue weighted by Gasteiger charge is -2.49. The monoisotopic (exact) mass is 234 g/mol. The van der Waals surface area contributed by atoms with Gasteiger partial charge in [0, 0.05) is 0 Å². The van der Waals surface area contributed by atoms with Crippen LogP contribution in [0.4, 0.5) is 0 Å². The molecule has 1 saturated carbocycles. The SMILES string of the molecule is CCCC1C(C(C)C)CCC2(C)C(C)=CCC12. The van der Waals surface area contributed by atoms with E-state index in [4.69, 9.17) is 0 Å². The Labute approximate surface area is 108 Å². The van der Waals surface area contributed by atoms with Gasteiger partial charge in [-0.15, -0.1) is 0 Å². The second-order valence-electron chi connectivity index (χ2n) is 7.05. The van der Waals surface area contributed by atoms with Gasteiger partial charge in [0.2, 0.25) is 0 Å². The Balaban J connectivity index is 2.22. The molecule has 17 heavy (non-hydrogen) atoms. The summed E-state index contributed by atoms with van der Waals surface area (Å²) in [6, 6.07) is 0.